The molecule has 33 nitrogen and oxygen atoms in total. The van der Waals surface area contributed by atoms with Crippen LogP contribution in [0.25, 0.3) is 44.1 Å². The summed E-state index contributed by atoms with van der Waals surface area (Å²) in [7, 11) is 1.35. The summed E-state index contributed by atoms with van der Waals surface area (Å²) in [5, 5.41) is 57.0. The third-order valence-electron chi connectivity index (χ3n) is 23.4. The number of rotatable bonds is 13. The van der Waals surface area contributed by atoms with E-state index < -0.39 is 198 Å². The van der Waals surface area contributed by atoms with Crippen LogP contribution in [0.4, 0.5) is 35.1 Å². The Kier molecular flexibility index (Phi) is 22.7. The molecule has 8 aromatic heterocycles. The maximum atomic E-state index is 14.6. The van der Waals surface area contributed by atoms with E-state index in [1.54, 1.807) is 59.9 Å². The van der Waals surface area contributed by atoms with Crippen LogP contribution in [0, 0.1) is 74.2 Å². The number of halogens is 8. The third kappa shape index (κ3) is 15.1. The molecule has 0 aliphatic carbocycles. The molecule has 5 N–H and O–H groups in total. The highest BCUT2D eigenvalue weighted by Crippen LogP contribution is 2.54. The van der Waals surface area contributed by atoms with Crippen LogP contribution in [0.15, 0.2) is 123 Å². The molecule has 0 unspecified atom stereocenters. The molecule has 41 heteroatoms. The summed E-state index contributed by atoms with van der Waals surface area (Å²) in [5.41, 5.74) is 6.08. The van der Waals surface area contributed by atoms with E-state index in [1.807, 2.05) is 76.7 Å². The minimum Gasteiger partial charge on any atom is -0.504 e. The minimum atomic E-state index is -1.50. The molecule has 17 heterocycles. The van der Waals surface area contributed by atoms with Crippen molar-refractivity contribution in [3.05, 3.63) is 214 Å². The van der Waals surface area contributed by atoms with Crippen LogP contribution in [-0.2, 0) is 61.6 Å². The van der Waals surface area contributed by atoms with Gasteiger partial charge in [0.2, 0.25) is 23.3 Å². The summed E-state index contributed by atoms with van der Waals surface area (Å²) in [4.78, 5) is 34.2. The zero-order chi connectivity index (χ0) is 88.8. The Morgan fingerprint density at radius 3 is 1.19 bits per heavy atom. The van der Waals surface area contributed by atoms with Crippen LogP contribution in [0.3, 0.4) is 0 Å². The summed E-state index contributed by atoms with van der Waals surface area (Å²) in [6.07, 6.45) is -4.58. The van der Waals surface area contributed by atoms with Crippen LogP contribution >= 0.6 is 0 Å². The monoisotopic (exact) mass is 1760 g/mol. The largest absolute Gasteiger partial charge is 0.504 e. The van der Waals surface area contributed by atoms with Gasteiger partial charge in [0.15, 0.2) is 109 Å². The molecule has 12 aromatic rings. The number of aliphatic hydroxyl groups excluding tert-OH is 4. The fourth-order valence-electron chi connectivity index (χ4n) is 17.7. The zero-order valence-electron chi connectivity index (χ0n) is 68.9. The SMILES string of the molecule is COCOc1c([C@@H](O)[C@H]2O[C@@H](n3ccc4c(C)ncnc43)[C@@H]3OC(C)(C)O[C@@H]32)ccc(F)c1F.Cc1ncnc2c1ccn2[C@@H]1O[C@H]([C@@H]2OCOc3c2ccc(F)c3F)[C@@H](O)[C@H]1O.Cc1ncnc2c1ccn2[C@@H]1O[C@H]([C@@H]2OCOc3c2ccc(F)c3F)[C@H]2OC(C)(C)O[C@H]21.Cc1ncnc2c1ccn2[C@@H]1O[C@H]([C@H](O)c2ccc(F)c(F)c2O)[C@H]2OC(C)(C)O[C@H]21. The number of aromatic hydroxyl groups is 1. The molecule has 7 saturated heterocycles. The first-order chi connectivity index (χ1) is 60.2. The van der Waals surface area contributed by atoms with Crippen molar-refractivity contribution >= 4 is 44.1 Å². The lowest BCUT2D eigenvalue weighted by Crippen LogP contribution is -2.37. The average Bonchev–Trinajstić information content (AvgIpc) is 1.57. The Bertz CT molecular complexity index is 6150. The third-order valence-corrected chi connectivity index (χ3v) is 23.4. The van der Waals surface area contributed by atoms with Crippen molar-refractivity contribution in [2.24, 2.45) is 0 Å². The first-order valence-electron chi connectivity index (χ1n) is 40.0. The van der Waals surface area contributed by atoms with Crippen LogP contribution < -0.4 is 14.2 Å². The van der Waals surface area contributed by atoms with Crippen molar-refractivity contribution in [3.63, 3.8) is 0 Å². The fraction of sp³-hybridized carbons (Fsp3) is 0.435. The quantitative estimate of drug-likeness (QED) is 0.0529. The second-order valence-corrected chi connectivity index (χ2v) is 32.6. The second-order valence-electron chi connectivity index (χ2n) is 32.6. The van der Waals surface area contributed by atoms with Gasteiger partial charge in [-0.25, -0.2) is 57.4 Å². The van der Waals surface area contributed by atoms with Gasteiger partial charge in [0.25, 0.3) is 0 Å². The molecule has 126 heavy (non-hydrogen) atoms. The molecule has 0 bridgehead atoms. The molecule has 0 radical (unpaired) electrons. The maximum absolute atomic E-state index is 14.6. The Hall–Kier alpha value is -10.7. The lowest BCUT2D eigenvalue weighted by molar-refractivity contribution is -0.218. The highest BCUT2D eigenvalue weighted by Gasteiger charge is 2.62. The number of phenols is 1. The van der Waals surface area contributed by atoms with Gasteiger partial charge in [-0.2, -0.15) is 17.6 Å². The number of phenolic OH excluding ortho intramolecular Hbond substituents is 1. The molecule has 0 saturated carbocycles. The minimum absolute atomic E-state index is 0.00388. The van der Waals surface area contributed by atoms with Gasteiger partial charge < -0.3 is 120 Å². The Morgan fingerprint density at radius 2 is 0.754 bits per heavy atom. The smallest absolute Gasteiger partial charge is 0.201 e. The van der Waals surface area contributed by atoms with E-state index in [4.69, 9.17) is 75.8 Å². The number of aliphatic hydroxyl groups is 4. The predicted molar refractivity (Wildman–Crippen MR) is 416 cm³/mol. The van der Waals surface area contributed by atoms with Gasteiger partial charge in [-0.3, -0.25) is 0 Å². The summed E-state index contributed by atoms with van der Waals surface area (Å²) in [6.45, 7) is 17.2. The number of methoxy groups -OCH3 is 1. The maximum Gasteiger partial charge on any atom is 0.201 e. The van der Waals surface area contributed by atoms with Crippen molar-refractivity contribution in [2.75, 3.05) is 27.5 Å². The number of benzene rings is 4. The number of aryl methyl sites for hydroxylation is 4. The first-order valence-corrected chi connectivity index (χ1v) is 40.0. The number of hydrogen-bond acceptors (Lipinski definition) is 29. The molecule has 666 valence electrons. The molecular weight excluding hydrogens is 1680 g/mol. The second kappa shape index (κ2) is 33.2. The Balaban J connectivity index is 0.000000114. The lowest BCUT2D eigenvalue weighted by atomic mass is 9.97. The van der Waals surface area contributed by atoms with E-state index in [0.717, 1.165) is 74.7 Å². The van der Waals surface area contributed by atoms with E-state index in [0.29, 0.717) is 28.2 Å². The molecule has 21 rings (SSSR count). The number of nitrogens with zero attached hydrogens (tertiary/aromatic N) is 12. The standard InChI is InChI=1S/C23H25F2N3O6.C22H21F2N3O5.C21H21F2N3O5.C19H17F2N3O5/c1-11-12-7-8-28(21(12)27-9-26-11)22-20-19(33-23(2,3)34-20)18(32-22)16(29)13-5-6-14(24)15(25)17(13)31-10-30-4;1-10-11-6-7-27(20(11)26-8-25-10)21-19-18(31-22(2,3)32-19)17(30-21)16-12-4-5-13(23)14(24)15(12)28-9-29-16;1-9-10-6-7-26(19(10)25-8-24-9)20-18-17(30-21(2,3)31-18)16(29-20)15(28)11-4-5-12(22)13(23)14(11)27;1-8-9-4-5-24(18(9)23-6-22-8)19-14(26)13(25)17(29-19)16-10-2-3-11(20)12(21)15(10)27-7-28-16/h5-9,16,18-20,22,29H,10H2,1-4H3;4-8,16-19,21H,9H2,1-3H3;4-8,15-18,20,27-28H,1-3H3;2-6,13-14,16-17,19,25-26H,7H2,1H3/t16-,18-,19-,20-,22-;16-,17-,18-,19-,21-;15-,16-,17-,18-,20-;13-,14+,16+,17-,19+/m1110/s1. The fourth-order valence-corrected chi connectivity index (χ4v) is 17.7. The van der Waals surface area contributed by atoms with Crippen molar-refractivity contribution in [2.45, 2.75) is 209 Å². The Labute approximate surface area is 710 Å². The van der Waals surface area contributed by atoms with Gasteiger partial charge in [-0.05, 0) is 142 Å². The van der Waals surface area contributed by atoms with E-state index in [-0.39, 0.29) is 48.6 Å². The van der Waals surface area contributed by atoms with Gasteiger partial charge >= 0.3 is 0 Å². The molecule has 9 aliphatic rings. The van der Waals surface area contributed by atoms with Crippen molar-refractivity contribution < 1.29 is 136 Å². The van der Waals surface area contributed by atoms with Gasteiger partial charge in [-0.1, -0.05) is 0 Å². The highest BCUT2D eigenvalue weighted by molar-refractivity contribution is 5.80. The number of hydrogen-bond donors (Lipinski definition) is 5. The van der Waals surface area contributed by atoms with E-state index in [1.165, 1.54) is 50.6 Å². The van der Waals surface area contributed by atoms with Crippen molar-refractivity contribution in [1.29, 1.82) is 0 Å². The van der Waals surface area contributed by atoms with Crippen LogP contribution in [0.5, 0.6) is 23.0 Å². The normalized spacial score (nSPS) is 28.7. The lowest BCUT2D eigenvalue weighted by Gasteiger charge is -2.33. The van der Waals surface area contributed by atoms with Crippen LogP contribution in [0.2, 0.25) is 0 Å². The molecule has 0 amide bonds. The summed E-state index contributed by atoms with van der Waals surface area (Å²) < 4.78 is 212. The van der Waals surface area contributed by atoms with Gasteiger partial charge in [0.05, 0.1) is 22.8 Å². The van der Waals surface area contributed by atoms with Crippen molar-refractivity contribution in [1.82, 2.24) is 58.1 Å². The summed E-state index contributed by atoms with van der Waals surface area (Å²) in [5.74, 6) is -13.9. The molecule has 7 fully saturated rings. The van der Waals surface area contributed by atoms with E-state index in [9.17, 15) is 60.7 Å². The molecular formula is C85H84F8N12O21. The molecule has 0 spiro atoms. The highest BCUT2D eigenvalue weighted by atomic mass is 19.2. The van der Waals surface area contributed by atoms with Crippen LogP contribution in [0.1, 0.15) is 136 Å². The summed E-state index contributed by atoms with van der Waals surface area (Å²) in [6, 6.07) is 16.4. The summed E-state index contributed by atoms with van der Waals surface area (Å²) >= 11 is 0. The molecule has 20 atom stereocenters. The van der Waals surface area contributed by atoms with Gasteiger partial charge in [0.1, 0.15) is 146 Å². The van der Waals surface area contributed by atoms with E-state index in [2.05, 4.69) is 39.9 Å². The van der Waals surface area contributed by atoms with Crippen LogP contribution in [-0.4, -0.2) is 202 Å². The Morgan fingerprint density at radius 1 is 0.405 bits per heavy atom. The number of ether oxygens (including phenoxy) is 16. The van der Waals surface area contributed by atoms with Crippen molar-refractivity contribution in [3.8, 4) is 23.0 Å². The number of fused-ring (bicyclic) bond motifs is 9. The predicted octanol–water partition coefficient (Wildman–Crippen LogP) is 11.3. The first kappa shape index (κ1) is 86.1. The molecule has 9 aliphatic heterocycles. The van der Waals surface area contributed by atoms with Gasteiger partial charge in [0, 0.05) is 75.7 Å². The zero-order valence-corrected chi connectivity index (χ0v) is 68.9. The molecule has 4 aromatic carbocycles. The van der Waals surface area contributed by atoms with E-state index >= 15 is 0 Å². The topological polar surface area (TPSA) is 372 Å². The average molecular weight is 1760 g/mol. The number of aromatic nitrogens is 12. The van der Waals surface area contributed by atoms with Gasteiger partial charge in [-0.15, -0.1) is 0 Å².